The van der Waals surface area contributed by atoms with Gasteiger partial charge in [-0.1, -0.05) is 148 Å². The van der Waals surface area contributed by atoms with Crippen molar-refractivity contribution < 1.29 is 24.5 Å². The van der Waals surface area contributed by atoms with E-state index in [0.717, 1.165) is 89.3 Å². The second kappa shape index (κ2) is 21.8. The number of benzene rings is 10. The van der Waals surface area contributed by atoms with Crippen molar-refractivity contribution in [1.29, 1.82) is 0 Å². The molecule has 0 unspecified atom stereocenters. The maximum absolute atomic E-state index is 6.63. The van der Waals surface area contributed by atoms with Gasteiger partial charge in [-0.25, -0.2) is 0 Å². The van der Waals surface area contributed by atoms with Crippen molar-refractivity contribution >= 4 is 65.3 Å². The zero-order valence-electron chi connectivity index (χ0n) is 45.7. The maximum Gasteiger partial charge on any atom is 3.00 e. The van der Waals surface area contributed by atoms with Crippen LogP contribution in [0.1, 0.15) is 50.7 Å². The predicted octanol–water partition coefficient (Wildman–Crippen LogP) is 19.6. The molecule has 0 saturated carbocycles. The van der Waals surface area contributed by atoms with Crippen LogP contribution >= 0.6 is 0 Å². The van der Waals surface area contributed by atoms with Gasteiger partial charge in [-0.15, -0.1) is 89.5 Å². The minimum atomic E-state index is 0. The van der Waals surface area contributed by atoms with Crippen molar-refractivity contribution in [1.82, 2.24) is 24.1 Å². The van der Waals surface area contributed by atoms with Gasteiger partial charge in [-0.3, -0.25) is 4.98 Å². The van der Waals surface area contributed by atoms with Crippen LogP contribution in [-0.2, 0) is 20.1 Å². The third-order valence-electron chi connectivity index (χ3n) is 15.7. The van der Waals surface area contributed by atoms with Crippen LogP contribution in [-0.4, -0.2) is 24.1 Å². The second-order valence-corrected chi connectivity index (χ2v) is 21.3. The Morgan fingerprint density at radius 2 is 1.21 bits per heavy atom. The van der Waals surface area contributed by atoms with Gasteiger partial charge in [0.1, 0.15) is 5.58 Å². The topological polar surface area (TPSA) is 61.7 Å². The largest absolute Gasteiger partial charge is 3.00 e. The molecule has 0 fully saturated rings. The van der Waals surface area contributed by atoms with Gasteiger partial charge in [0.05, 0.1) is 22.4 Å². The molecule has 5 aromatic heterocycles. The zero-order chi connectivity index (χ0) is 54.6. The molecule has 0 aliphatic heterocycles. The summed E-state index contributed by atoms with van der Waals surface area (Å²) in [5.41, 5.74) is 18.2. The monoisotopic (exact) mass is 1230 g/mol. The fraction of sp³-hybridized carbons (Fsp3) is 0.0800. The minimum absolute atomic E-state index is 0. The summed E-state index contributed by atoms with van der Waals surface area (Å²) in [6.07, 6.45) is 7.67. The standard InChI is InChI=1S/C40H25N3.C35H29N2O.Ir/c1-3-11-28(12-4-1)37-27-31(22-24-42-37)34-17-10-19-39-40(34)35-26-30(20-21-38(35)43(39)33-15-5-2-6-16-33)29-13-9-14-32(25-29)36-18-7-8-23-41-36;1-21(2)25-11-7-12-26(22(3)4)33(25)37-18-17-36-35(37)29-14-8-13-28-31-19-24-16-15-23-9-5-6-10-27(23)30(24)20-32(31)38-34(28)29;/h1-11,13,15-27H;5-13,15-22H,1-4H3;/q-2;-1;+3. The van der Waals surface area contributed by atoms with Gasteiger partial charge in [-0.05, 0) is 127 Å². The molecule has 0 saturated heterocycles. The molecule has 0 N–H and O–H groups in total. The first kappa shape index (κ1) is 51.9. The van der Waals surface area contributed by atoms with Crippen molar-refractivity contribution in [3.05, 3.63) is 273 Å². The summed E-state index contributed by atoms with van der Waals surface area (Å²) in [5.74, 6) is 1.61. The first-order chi connectivity index (χ1) is 39.8. The molecule has 15 aromatic rings. The average Bonchev–Trinajstić information content (AvgIpc) is 4.46. The number of hydrogen-bond acceptors (Lipinski definition) is 4. The molecule has 10 aromatic carbocycles. The summed E-state index contributed by atoms with van der Waals surface area (Å²) >= 11 is 0. The van der Waals surface area contributed by atoms with Crippen molar-refractivity contribution in [2.24, 2.45) is 0 Å². The molecule has 0 atom stereocenters. The number of rotatable bonds is 9. The van der Waals surface area contributed by atoms with Crippen molar-refractivity contribution in [2.45, 2.75) is 39.5 Å². The number of para-hydroxylation sites is 2. The molecule has 7 heteroatoms. The molecule has 0 aliphatic carbocycles. The van der Waals surface area contributed by atoms with Gasteiger partial charge in [0.2, 0.25) is 0 Å². The third-order valence-corrected chi connectivity index (χ3v) is 15.7. The van der Waals surface area contributed by atoms with E-state index in [4.69, 9.17) is 9.40 Å². The van der Waals surface area contributed by atoms with Gasteiger partial charge in [0.15, 0.2) is 0 Å². The molecule has 15 rings (SSSR count). The van der Waals surface area contributed by atoms with Gasteiger partial charge in [-0.2, -0.15) is 0 Å². The molecule has 0 aliphatic rings. The Kier molecular flexibility index (Phi) is 13.8. The van der Waals surface area contributed by atoms with Crippen LogP contribution in [0.3, 0.4) is 0 Å². The van der Waals surface area contributed by atoms with Crippen LogP contribution in [0.25, 0.3) is 133 Å². The number of pyridine rings is 2. The van der Waals surface area contributed by atoms with Crippen LogP contribution in [0.4, 0.5) is 0 Å². The molecular formula is C75H54IrN5O. The van der Waals surface area contributed by atoms with Crippen LogP contribution in [0.5, 0.6) is 0 Å². The van der Waals surface area contributed by atoms with E-state index in [1.54, 1.807) is 0 Å². The first-order valence-corrected chi connectivity index (χ1v) is 27.7. The molecule has 0 bridgehead atoms. The van der Waals surface area contributed by atoms with E-state index in [1.165, 1.54) is 54.7 Å². The Morgan fingerprint density at radius 3 is 2.02 bits per heavy atom. The Labute approximate surface area is 490 Å². The van der Waals surface area contributed by atoms with E-state index in [1.807, 2.05) is 67.1 Å². The summed E-state index contributed by atoms with van der Waals surface area (Å²) in [5, 5.41) is 9.49. The van der Waals surface area contributed by atoms with E-state index < -0.39 is 0 Å². The maximum atomic E-state index is 6.63. The SMILES string of the molecule is CC(C)c1cccc(C(C)C)c1-n1ccnc1-c1[c-]ccc2c1oc1cc3c(ccc4ccccc43)cc12.[Ir+3].[c-]1ccccc1-c1cc(-c2cccc3c2c2cc(-c4cc[c-]c(-c5ccccn5)c4)ccc2n3-c2ccccc2)ccn1. The smallest absolute Gasteiger partial charge is 0.501 e. The van der Waals surface area contributed by atoms with Crippen LogP contribution in [0, 0.1) is 18.2 Å². The molecule has 0 spiro atoms. The number of furan rings is 1. The summed E-state index contributed by atoms with van der Waals surface area (Å²) in [4.78, 5) is 14.1. The number of fused-ring (bicyclic) bond motifs is 9. The third kappa shape index (κ3) is 9.28. The van der Waals surface area contributed by atoms with Gasteiger partial charge in [0, 0.05) is 52.3 Å². The van der Waals surface area contributed by atoms with E-state index >= 15 is 0 Å². The Balaban J connectivity index is 0.000000153. The number of aromatic nitrogens is 5. The van der Waals surface area contributed by atoms with E-state index in [0.29, 0.717) is 11.8 Å². The molecule has 5 heterocycles. The van der Waals surface area contributed by atoms with Gasteiger partial charge < -0.3 is 23.5 Å². The first-order valence-electron chi connectivity index (χ1n) is 27.7. The quantitative estimate of drug-likeness (QED) is 0.107. The van der Waals surface area contributed by atoms with Crippen LogP contribution < -0.4 is 0 Å². The van der Waals surface area contributed by atoms with E-state index in [-0.39, 0.29) is 20.1 Å². The molecule has 6 nitrogen and oxygen atoms in total. The van der Waals surface area contributed by atoms with Crippen molar-refractivity contribution in [3.63, 3.8) is 0 Å². The van der Waals surface area contributed by atoms with E-state index in [2.05, 4.69) is 241 Å². The fourth-order valence-corrected chi connectivity index (χ4v) is 11.8. The summed E-state index contributed by atoms with van der Waals surface area (Å²) in [7, 11) is 0. The Bertz CT molecular complexity index is 4800. The van der Waals surface area contributed by atoms with E-state index in [9.17, 15) is 0 Å². The molecule has 0 radical (unpaired) electrons. The predicted molar refractivity (Wildman–Crippen MR) is 334 cm³/mol. The van der Waals surface area contributed by atoms with Crippen molar-refractivity contribution in [3.8, 4) is 67.5 Å². The summed E-state index contributed by atoms with van der Waals surface area (Å²) in [6, 6.07) is 86.7. The molecule has 394 valence electrons. The van der Waals surface area contributed by atoms with Crippen LogP contribution in [0.15, 0.2) is 248 Å². The Morgan fingerprint density at radius 1 is 0.451 bits per heavy atom. The van der Waals surface area contributed by atoms with Crippen LogP contribution in [0.2, 0.25) is 0 Å². The normalized spacial score (nSPS) is 11.5. The summed E-state index contributed by atoms with van der Waals surface area (Å²) < 4.78 is 11.2. The number of hydrogen-bond donors (Lipinski definition) is 0. The molecule has 0 amide bonds. The zero-order valence-corrected chi connectivity index (χ0v) is 48.1. The number of imidazole rings is 1. The molecule has 82 heavy (non-hydrogen) atoms. The average molecular weight is 1230 g/mol. The Hall–Kier alpha value is -9.52. The molecular weight excluding hydrogens is 1180 g/mol. The minimum Gasteiger partial charge on any atom is -0.501 e. The van der Waals surface area contributed by atoms with Gasteiger partial charge in [0.25, 0.3) is 0 Å². The fourth-order valence-electron chi connectivity index (χ4n) is 11.8. The van der Waals surface area contributed by atoms with Gasteiger partial charge >= 0.3 is 20.1 Å². The second-order valence-electron chi connectivity index (χ2n) is 21.3. The van der Waals surface area contributed by atoms with Crippen molar-refractivity contribution in [2.75, 3.05) is 0 Å². The summed E-state index contributed by atoms with van der Waals surface area (Å²) in [6.45, 7) is 9.00. The number of nitrogens with zero attached hydrogens (tertiary/aromatic N) is 5.